The highest BCUT2D eigenvalue weighted by Crippen LogP contribution is 2.51. The molecule has 232 valence electrons. The summed E-state index contributed by atoms with van der Waals surface area (Å²) in [5.74, 6) is 0. The fourth-order valence-corrected chi connectivity index (χ4v) is 10.7. The van der Waals surface area contributed by atoms with Gasteiger partial charge in [-0.2, -0.15) is 0 Å². The predicted molar refractivity (Wildman–Crippen MR) is 221 cm³/mol. The van der Waals surface area contributed by atoms with Crippen LogP contribution in [0.25, 0.3) is 106 Å². The maximum atomic E-state index is 2.52. The van der Waals surface area contributed by atoms with Gasteiger partial charge in [-0.05, 0) is 72.9 Å². The van der Waals surface area contributed by atoms with Crippen LogP contribution in [0.5, 0.6) is 0 Å². The van der Waals surface area contributed by atoms with Crippen LogP contribution in [-0.2, 0) is 0 Å². The van der Waals surface area contributed by atoms with Gasteiger partial charge in [0.2, 0.25) is 0 Å². The summed E-state index contributed by atoms with van der Waals surface area (Å²) in [4.78, 5) is 0. The van der Waals surface area contributed by atoms with Gasteiger partial charge in [-0.3, -0.25) is 0 Å². The highest BCUT2D eigenvalue weighted by molar-refractivity contribution is 7.27. The fraction of sp³-hybridized carbons (Fsp3) is 0. The molecule has 11 aromatic rings. The minimum absolute atomic E-state index is 1.23. The van der Waals surface area contributed by atoms with E-state index in [1.807, 2.05) is 22.7 Å². The van der Waals surface area contributed by atoms with Crippen molar-refractivity contribution >= 4 is 95.3 Å². The van der Waals surface area contributed by atoms with Crippen molar-refractivity contribution in [2.45, 2.75) is 0 Å². The summed E-state index contributed by atoms with van der Waals surface area (Å²) in [5.41, 5.74) is 7.63. The van der Waals surface area contributed by atoms with E-state index in [1.165, 1.54) is 106 Å². The summed E-state index contributed by atoms with van der Waals surface area (Å²) in [5, 5.41) is 13.2. The Morgan fingerprint density at radius 3 is 1.44 bits per heavy atom. The monoisotopic (exact) mass is 668 g/mol. The second kappa shape index (κ2) is 10.9. The zero-order chi connectivity index (χ0) is 32.8. The van der Waals surface area contributed by atoms with E-state index in [9.17, 15) is 0 Å². The molecule has 2 aromatic heterocycles. The van der Waals surface area contributed by atoms with Gasteiger partial charge in [0.15, 0.2) is 0 Å². The molecule has 50 heavy (non-hydrogen) atoms. The Bertz CT molecular complexity index is 3070. The summed E-state index contributed by atoms with van der Waals surface area (Å²) >= 11 is 3.85. The van der Waals surface area contributed by atoms with Gasteiger partial charge in [0.25, 0.3) is 0 Å². The van der Waals surface area contributed by atoms with Crippen LogP contribution in [-0.4, -0.2) is 0 Å². The predicted octanol–water partition coefficient (Wildman–Crippen LogP) is 14.9. The highest BCUT2D eigenvalue weighted by atomic mass is 32.1. The molecule has 0 atom stereocenters. The van der Waals surface area contributed by atoms with Crippen LogP contribution >= 0.6 is 22.7 Å². The SMILES string of the molecule is c1ccc(-c2ccc(-c3c4ccccc4c(-c4cc5c(ccc6c7ccccc7sc65)c5c4sc4ccccc45)c4ccccc34)cc2)cc1. The number of thiophene rings is 2. The van der Waals surface area contributed by atoms with Gasteiger partial charge in [0.05, 0.1) is 0 Å². The van der Waals surface area contributed by atoms with Gasteiger partial charge in [0, 0.05) is 51.3 Å². The van der Waals surface area contributed by atoms with Crippen LogP contribution in [0.15, 0.2) is 170 Å². The van der Waals surface area contributed by atoms with Crippen molar-refractivity contribution in [1.29, 1.82) is 0 Å². The van der Waals surface area contributed by atoms with Crippen molar-refractivity contribution in [2.24, 2.45) is 0 Å². The van der Waals surface area contributed by atoms with Crippen molar-refractivity contribution in [1.82, 2.24) is 0 Å². The van der Waals surface area contributed by atoms with Gasteiger partial charge >= 0.3 is 0 Å². The minimum Gasteiger partial charge on any atom is -0.135 e. The molecule has 0 N–H and O–H groups in total. The molecule has 0 saturated carbocycles. The Morgan fingerprint density at radius 2 is 0.760 bits per heavy atom. The Hall–Kier alpha value is -5.80. The van der Waals surface area contributed by atoms with Crippen LogP contribution in [0.2, 0.25) is 0 Å². The second-order valence-corrected chi connectivity index (χ2v) is 15.3. The van der Waals surface area contributed by atoms with E-state index in [1.54, 1.807) is 0 Å². The smallest absolute Gasteiger partial charge is 0.0440 e. The lowest BCUT2D eigenvalue weighted by Crippen LogP contribution is -1.91. The van der Waals surface area contributed by atoms with E-state index in [0.717, 1.165) is 0 Å². The van der Waals surface area contributed by atoms with Gasteiger partial charge in [0.1, 0.15) is 0 Å². The molecule has 0 unspecified atom stereocenters. The second-order valence-electron chi connectivity index (χ2n) is 13.1. The molecule has 0 fully saturated rings. The fourth-order valence-electron chi connectivity index (χ4n) is 8.26. The molecule has 2 heteroatoms. The van der Waals surface area contributed by atoms with E-state index < -0.39 is 0 Å². The zero-order valence-electron chi connectivity index (χ0n) is 27.0. The molecule has 11 rings (SSSR count). The van der Waals surface area contributed by atoms with Crippen molar-refractivity contribution in [3.63, 3.8) is 0 Å². The molecule has 0 bridgehead atoms. The van der Waals surface area contributed by atoms with Gasteiger partial charge in [-0.25, -0.2) is 0 Å². The summed E-state index contributed by atoms with van der Waals surface area (Å²) in [6.07, 6.45) is 0. The molecule has 9 aromatic carbocycles. The van der Waals surface area contributed by atoms with Crippen LogP contribution < -0.4 is 0 Å². The zero-order valence-corrected chi connectivity index (χ0v) is 28.6. The summed E-state index contributed by atoms with van der Waals surface area (Å²) < 4.78 is 5.39. The molecular weight excluding hydrogens is 641 g/mol. The van der Waals surface area contributed by atoms with Crippen LogP contribution in [0.1, 0.15) is 0 Å². The largest absolute Gasteiger partial charge is 0.135 e. The first kappa shape index (κ1) is 28.1. The standard InChI is InChI=1S/C48H28S2/c1-2-12-29(13-3-1)30-22-24-31(25-23-30)44-33-15-4-6-17-35(33)45(36-18-7-5-16-34(36)44)41-28-40-37(46-39-19-9-11-21-43(39)50-48(41)46)26-27-38-32-14-8-10-20-42(32)49-47(38)40/h1-28H. The molecule has 0 amide bonds. The van der Waals surface area contributed by atoms with E-state index >= 15 is 0 Å². The van der Waals surface area contributed by atoms with Crippen molar-refractivity contribution in [3.05, 3.63) is 170 Å². The molecule has 0 radical (unpaired) electrons. The Kier molecular flexibility index (Phi) is 6.09. The summed E-state index contributed by atoms with van der Waals surface area (Å²) in [6, 6.07) is 62.9. The Morgan fingerprint density at radius 1 is 0.280 bits per heavy atom. The van der Waals surface area contributed by atoms with Crippen molar-refractivity contribution < 1.29 is 0 Å². The topological polar surface area (TPSA) is 0 Å². The normalized spacial score (nSPS) is 12.0. The highest BCUT2D eigenvalue weighted by Gasteiger charge is 2.22. The van der Waals surface area contributed by atoms with Crippen LogP contribution in [0, 0.1) is 0 Å². The molecular formula is C48H28S2. The average Bonchev–Trinajstić information content (AvgIpc) is 3.77. The van der Waals surface area contributed by atoms with Crippen molar-refractivity contribution in [2.75, 3.05) is 0 Å². The summed E-state index contributed by atoms with van der Waals surface area (Å²) in [6.45, 7) is 0. The molecule has 0 spiro atoms. The number of benzene rings is 9. The lowest BCUT2D eigenvalue weighted by molar-refractivity contribution is 1.61. The third-order valence-corrected chi connectivity index (χ3v) is 12.9. The van der Waals surface area contributed by atoms with E-state index in [2.05, 4.69) is 170 Å². The van der Waals surface area contributed by atoms with Gasteiger partial charge in [-0.15, -0.1) is 22.7 Å². The van der Waals surface area contributed by atoms with E-state index in [0.29, 0.717) is 0 Å². The number of rotatable bonds is 3. The van der Waals surface area contributed by atoms with Gasteiger partial charge in [-0.1, -0.05) is 152 Å². The first-order chi connectivity index (χ1) is 24.8. The van der Waals surface area contributed by atoms with E-state index in [4.69, 9.17) is 0 Å². The molecule has 0 aliphatic carbocycles. The lowest BCUT2D eigenvalue weighted by Gasteiger charge is -2.19. The average molecular weight is 669 g/mol. The summed E-state index contributed by atoms with van der Waals surface area (Å²) in [7, 11) is 0. The maximum Gasteiger partial charge on any atom is 0.0440 e. The number of hydrogen-bond donors (Lipinski definition) is 0. The Balaban J connectivity index is 1.27. The quantitative estimate of drug-likeness (QED) is 0.164. The van der Waals surface area contributed by atoms with E-state index in [-0.39, 0.29) is 0 Å². The first-order valence-electron chi connectivity index (χ1n) is 17.1. The first-order valence-corrected chi connectivity index (χ1v) is 18.7. The molecule has 0 aliphatic rings. The third kappa shape index (κ3) is 4.04. The number of hydrogen-bond acceptors (Lipinski definition) is 2. The number of fused-ring (bicyclic) bond motifs is 11. The van der Waals surface area contributed by atoms with Gasteiger partial charge < -0.3 is 0 Å². The third-order valence-electron chi connectivity index (χ3n) is 10.5. The molecule has 0 saturated heterocycles. The molecule has 0 nitrogen and oxygen atoms in total. The molecule has 2 heterocycles. The lowest BCUT2D eigenvalue weighted by atomic mass is 9.84. The molecule has 0 aliphatic heterocycles. The minimum atomic E-state index is 1.23. The van der Waals surface area contributed by atoms with Crippen LogP contribution in [0.3, 0.4) is 0 Å². The Labute approximate surface area is 297 Å². The maximum absolute atomic E-state index is 2.52. The van der Waals surface area contributed by atoms with Crippen LogP contribution in [0.4, 0.5) is 0 Å². The van der Waals surface area contributed by atoms with Crippen molar-refractivity contribution in [3.8, 4) is 33.4 Å².